The van der Waals surface area contributed by atoms with Gasteiger partial charge >= 0.3 is 7.82 Å². The number of phosphoric acid groups is 1. The molecule has 0 aromatic heterocycles. The van der Waals surface area contributed by atoms with Crippen LogP contribution in [-0.2, 0) is 13.9 Å². The lowest BCUT2D eigenvalue weighted by Crippen LogP contribution is -2.40. The van der Waals surface area contributed by atoms with E-state index in [0.717, 1.165) is 0 Å². The van der Waals surface area contributed by atoms with Gasteiger partial charge in [-0.2, -0.15) is 0 Å². The normalized spacial score (nSPS) is 14.1. The topological polar surface area (TPSA) is 95.9 Å². The van der Waals surface area contributed by atoms with Crippen LogP contribution in [0, 0.1) is 5.92 Å². The van der Waals surface area contributed by atoms with Gasteiger partial charge in [-0.25, -0.2) is 4.57 Å². The summed E-state index contributed by atoms with van der Waals surface area (Å²) in [5, 5.41) is 2.54. The Morgan fingerprint density at radius 3 is 2.29 bits per heavy atom. The van der Waals surface area contributed by atoms with Crippen LogP contribution >= 0.6 is 7.82 Å². The average Bonchev–Trinajstić information content (AvgIpc) is 1.94. The fourth-order valence-electron chi connectivity index (χ4n) is 0.839. The summed E-state index contributed by atoms with van der Waals surface area (Å²) in [7, 11) is -4.45. The highest BCUT2D eigenvalue weighted by Gasteiger charge is 2.20. The second-order valence-corrected chi connectivity index (χ2v) is 4.58. The molecule has 0 saturated heterocycles. The van der Waals surface area contributed by atoms with Crippen molar-refractivity contribution < 1.29 is 23.7 Å². The summed E-state index contributed by atoms with van der Waals surface area (Å²) >= 11 is 0. The molecule has 0 aromatic rings. The standard InChI is InChI=1S/C7H16NO5P/c1-5(2)7(8-6(3)9)4-13-14(10,11)12/h5,7H,4H2,1-3H3,(H,8,9)(H2,10,11,12)/t7-/m0/s1. The van der Waals surface area contributed by atoms with E-state index in [0.29, 0.717) is 0 Å². The van der Waals surface area contributed by atoms with Gasteiger partial charge < -0.3 is 15.1 Å². The van der Waals surface area contributed by atoms with E-state index in [-0.39, 0.29) is 24.5 Å². The summed E-state index contributed by atoms with van der Waals surface area (Å²) in [5.41, 5.74) is 0. The Morgan fingerprint density at radius 2 is 2.00 bits per heavy atom. The fraction of sp³-hybridized carbons (Fsp3) is 0.857. The van der Waals surface area contributed by atoms with Gasteiger partial charge in [-0.05, 0) is 5.92 Å². The molecule has 1 atom stereocenters. The Labute approximate surface area is 82.9 Å². The molecule has 0 aromatic carbocycles. The number of rotatable bonds is 5. The molecule has 0 aliphatic heterocycles. The fourth-order valence-corrected chi connectivity index (χ4v) is 1.19. The summed E-state index contributed by atoms with van der Waals surface area (Å²) in [4.78, 5) is 27.6. The van der Waals surface area contributed by atoms with Crippen LogP contribution in [0.3, 0.4) is 0 Å². The second kappa shape index (κ2) is 5.46. The molecule has 0 saturated carbocycles. The minimum atomic E-state index is -4.45. The molecule has 0 aliphatic rings. The highest BCUT2D eigenvalue weighted by atomic mass is 31.2. The molecule has 0 unspecified atom stereocenters. The zero-order chi connectivity index (χ0) is 11.4. The van der Waals surface area contributed by atoms with E-state index in [9.17, 15) is 9.36 Å². The number of phosphoric ester groups is 1. The molecular weight excluding hydrogens is 209 g/mol. The minimum absolute atomic E-state index is 0.0467. The molecule has 7 heteroatoms. The van der Waals surface area contributed by atoms with E-state index < -0.39 is 7.82 Å². The van der Waals surface area contributed by atoms with Crippen LogP contribution in [0.1, 0.15) is 20.8 Å². The largest absolute Gasteiger partial charge is 0.469 e. The number of carbonyl (C=O) groups is 1. The maximum atomic E-state index is 10.7. The van der Waals surface area contributed by atoms with Crippen LogP contribution < -0.4 is 5.32 Å². The van der Waals surface area contributed by atoms with Crippen molar-refractivity contribution in [2.45, 2.75) is 26.8 Å². The van der Waals surface area contributed by atoms with Gasteiger partial charge in [0.25, 0.3) is 0 Å². The van der Waals surface area contributed by atoms with Crippen molar-refractivity contribution in [3.8, 4) is 0 Å². The third-order valence-electron chi connectivity index (χ3n) is 1.62. The molecule has 14 heavy (non-hydrogen) atoms. The molecule has 0 bridgehead atoms. The van der Waals surface area contributed by atoms with Crippen molar-refractivity contribution in [2.75, 3.05) is 6.61 Å². The van der Waals surface area contributed by atoms with Crippen LogP contribution in [0.25, 0.3) is 0 Å². The first-order valence-electron chi connectivity index (χ1n) is 4.19. The molecule has 3 N–H and O–H groups in total. The smallest absolute Gasteiger partial charge is 0.351 e. The summed E-state index contributed by atoms with van der Waals surface area (Å²) in [6.07, 6.45) is 0. The molecule has 0 fully saturated rings. The SMILES string of the molecule is CC(=O)N[C@@H](COP(=O)(O)O)C(C)C. The number of amides is 1. The summed E-state index contributed by atoms with van der Waals surface area (Å²) in [6, 6.07) is -0.389. The molecule has 0 aliphatic carbocycles. The molecule has 0 spiro atoms. The lowest BCUT2D eigenvalue weighted by molar-refractivity contribution is -0.120. The molecule has 1 amide bonds. The lowest BCUT2D eigenvalue weighted by atomic mass is 10.1. The zero-order valence-corrected chi connectivity index (χ0v) is 9.32. The maximum absolute atomic E-state index is 10.7. The highest BCUT2D eigenvalue weighted by Crippen LogP contribution is 2.35. The Balaban J connectivity index is 4.11. The Kier molecular flexibility index (Phi) is 5.29. The molecule has 0 radical (unpaired) electrons. The van der Waals surface area contributed by atoms with E-state index in [1.165, 1.54) is 6.92 Å². The van der Waals surface area contributed by atoms with Gasteiger partial charge in [0, 0.05) is 6.92 Å². The number of carbonyl (C=O) groups excluding carboxylic acids is 1. The lowest BCUT2D eigenvalue weighted by Gasteiger charge is -2.21. The van der Waals surface area contributed by atoms with E-state index >= 15 is 0 Å². The first-order valence-corrected chi connectivity index (χ1v) is 5.72. The molecule has 6 nitrogen and oxygen atoms in total. The van der Waals surface area contributed by atoms with E-state index in [1.54, 1.807) is 0 Å². The third-order valence-corrected chi connectivity index (χ3v) is 2.10. The van der Waals surface area contributed by atoms with Crippen molar-refractivity contribution >= 4 is 13.7 Å². The van der Waals surface area contributed by atoms with E-state index in [2.05, 4.69) is 9.84 Å². The molecule has 0 rings (SSSR count). The average molecular weight is 225 g/mol. The Hall–Kier alpha value is -0.420. The molecular formula is C7H16NO5P. The van der Waals surface area contributed by atoms with Crippen molar-refractivity contribution in [1.29, 1.82) is 0 Å². The Morgan fingerprint density at radius 1 is 1.50 bits per heavy atom. The van der Waals surface area contributed by atoms with Crippen molar-refractivity contribution in [2.24, 2.45) is 5.92 Å². The third kappa shape index (κ3) is 7.03. The van der Waals surface area contributed by atoms with Gasteiger partial charge in [-0.15, -0.1) is 0 Å². The number of hydrogen-bond acceptors (Lipinski definition) is 3. The Bertz CT molecular complexity index is 236. The quantitative estimate of drug-likeness (QED) is 0.583. The summed E-state index contributed by atoms with van der Waals surface area (Å²) < 4.78 is 14.7. The van der Waals surface area contributed by atoms with Crippen LogP contribution in [-0.4, -0.2) is 28.3 Å². The van der Waals surface area contributed by atoms with Gasteiger partial charge in [0.2, 0.25) is 5.91 Å². The van der Waals surface area contributed by atoms with Gasteiger partial charge in [0.15, 0.2) is 0 Å². The first-order chi connectivity index (χ1) is 6.22. The molecule has 84 valence electrons. The predicted molar refractivity (Wildman–Crippen MR) is 50.4 cm³/mol. The van der Waals surface area contributed by atoms with Crippen molar-refractivity contribution in [1.82, 2.24) is 5.32 Å². The predicted octanol–water partition coefficient (Wildman–Crippen LogP) is 0.256. The molecule has 0 heterocycles. The number of hydrogen-bond donors (Lipinski definition) is 3. The van der Waals surface area contributed by atoms with Gasteiger partial charge in [0.05, 0.1) is 12.6 Å². The highest BCUT2D eigenvalue weighted by molar-refractivity contribution is 7.46. The van der Waals surface area contributed by atoms with Crippen LogP contribution in [0.4, 0.5) is 0 Å². The van der Waals surface area contributed by atoms with Gasteiger partial charge in [-0.1, -0.05) is 13.8 Å². The maximum Gasteiger partial charge on any atom is 0.469 e. The van der Waals surface area contributed by atoms with Gasteiger partial charge in [0.1, 0.15) is 0 Å². The first kappa shape index (κ1) is 13.6. The minimum Gasteiger partial charge on any atom is -0.351 e. The summed E-state index contributed by atoms with van der Waals surface area (Å²) in [6.45, 7) is 4.79. The van der Waals surface area contributed by atoms with Crippen LogP contribution in [0.2, 0.25) is 0 Å². The van der Waals surface area contributed by atoms with Crippen molar-refractivity contribution in [3.05, 3.63) is 0 Å². The van der Waals surface area contributed by atoms with Gasteiger partial charge in [-0.3, -0.25) is 9.32 Å². The van der Waals surface area contributed by atoms with E-state index in [1.807, 2.05) is 13.8 Å². The monoisotopic (exact) mass is 225 g/mol. The van der Waals surface area contributed by atoms with E-state index in [4.69, 9.17) is 9.79 Å². The summed E-state index contributed by atoms with van der Waals surface area (Å²) in [5.74, 6) is -0.205. The zero-order valence-electron chi connectivity index (χ0n) is 8.43. The van der Waals surface area contributed by atoms with Crippen LogP contribution in [0.15, 0.2) is 0 Å². The van der Waals surface area contributed by atoms with Crippen molar-refractivity contribution in [3.63, 3.8) is 0 Å². The van der Waals surface area contributed by atoms with Crippen LogP contribution in [0.5, 0.6) is 0 Å². The second-order valence-electron chi connectivity index (χ2n) is 3.34. The number of nitrogens with one attached hydrogen (secondary N) is 1.